The summed E-state index contributed by atoms with van der Waals surface area (Å²) >= 11 is 1.85. The van der Waals surface area contributed by atoms with Gasteiger partial charge in [0.15, 0.2) is 0 Å². The highest BCUT2D eigenvalue weighted by atomic mass is 32.1. The molecule has 0 amide bonds. The number of para-hydroxylation sites is 2. The van der Waals surface area contributed by atoms with Crippen molar-refractivity contribution in [3.63, 3.8) is 0 Å². The predicted molar refractivity (Wildman–Crippen MR) is 235 cm³/mol. The number of thiophene rings is 1. The molecule has 2 heterocycles. The Morgan fingerprint density at radius 2 is 1.00 bits per heavy atom. The SMILES string of the molecule is c1cc(-c2cccc(N(c3ccc4c(c3)oc3ccccc34)c3ccccc3-c3ccc4sc5ccccc5c4c3)c2)cc(-c2ccc3ccccc3c2)c1. The van der Waals surface area contributed by atoms with Crippen LogP contribution in [0.5, 0.6) is 0 Å². The summed E-state index contributed by atoms with van der Waals surface area (Å²) in [7, 11) is 0. The van der Waals surface area contributed by atoms with Crippen LogP contribution in [0.1, 0.15) is 0 Å². The lowest BCUT2D eigenvalue weighted by Crippen LogP contribution is -2.11. The Morgan fingerprint density at radius 3 is 1.91 bits per heavy atom. The number of furan rings is 1. The molecule has 0 saturated carbocycles. The first-order chi connectivity index (χ1) is 27.2. The lowest BCUT2D eigenvalue weighted by Gasteiger charge is -2.28. The number of nitrogens with zero attached hydrogens (tertiary/aromatic N) is 1. The molecule has 55 heavy (non-hydrogen) atoms. The van der Waals surface area contributed by atoms with Gasteiger partial charge in [-0.05, 0) is 105 Å². The zero-order chi connectivity index (χ0) is 36.3. The van der Waals surface area contributed by atoms with Gasteiger partial charge in [0.2, 0.25) is 0 Å². The van der Waals surface area contributed by atoms with Gasteiger partial charge in [0, 0.05) is 53.9 Å². The van der Waals surface area contributed by atoms with Crippen molar-refractivity contribution in [1.82, 2.24) is 0 Å². The summed E-state index contributed by atoms with van der Waals surface area (Å²) in [5, 5.41) is 7.32. The number of hydrogen-bond acceptors (Lipinski definition) is 3. The lowest BCUT2D eigenvalue weighted by atomic mass is 9.96. The minimum Gasteiger partial charge on any atom is -0.456 e. The van der Waals surface area contributed by atoms with Gasteiger partial charge >= 0.3 is 0 Å². The van der Waals surface area contributed by atoms with Crippen molar-refractivity contribution in [3.05, 3.63) is 200 Å². The van der Waals surface area contributed by atoms with E-state index in [0.717, 1.165) is 50.1 Å². The summed E-state index contributed by atoms with van der Waals surface area (Å²) in [6, 6.07) is 72.3. The average molecular weight is 720 g/mol. The van der Waals surface area contributed by atoms with Gasteiger partial charge in [-0.15, -0.1) is 11.3 Å². The highest BCUT2D eigenvalue weighted by Gasteiger charge is 2.20. The van der Waals surface area contributed by atoms with Crippen molar-refractivity contribution >= 4 is 81.3 Å². The summed E-state index contributed by atoms with van der Waals surface area (Å²) < 4.78 is 9.07. The van der Waals surface area contributed by atoms with Crippen molar-refractivity contribution in [3.8, 4) is 33.4 Å². The van der Waals surface area contributed by atoms with Crippen LogP contribution in [-0.2, 0) is 0 Å². The Bertz CT molecular complexity index is 3240. The van der Waals surface area contributed by atoms with Gasteiger partial charge in [-0.2, -0.15) is 0 Å². The quantitative estimate of drug-likeness (QED) is 0.170. The Morgan fingerprint density at radius 1 is 0.345 bits per heavy atom. The normalized spacial score (nSPS) is 11.6. The van der Waals surface area contributed by atoms with E-state index in [1.807, 2.05) is 23.5 Å². The summed E-state index contributed by atoms with van der Waals surface area (Å²) in [5.41, 5.74) is 12.0. The van der Waals surface area contributed by atoms with Crippen molar-refractivity contribution in [2.45, 2.75) is 0 Å². The number of anilines is 3. The third kappa shape index (κ3) is 5.48. The van der Waals surface area contributed by atoms with E-state index in [4.69, 9.17) is 4.42 Å². The second kappa shape index (κ2) is 12.9. The monoisotopic (exact) mass is 719 g/mol. The van der Waals surface area contributed by atoms with E-state index in [1.54, 1.807) is 0 Å². The molecule has 0 atom stereocenters. The van der Waals surface area contributed by atoms with Crippen LogP contribution in [0.15, 0.2) is 205 Å². The molecule has 0 N–H and O–H groups in total. The van der Waals surface area contributed by atoms with E-state index in [-0.39, 0.29) is 0 Å². The minimum absolute atomic E-state index is 0.867. The lowest BCUT2D eigenvalue weighted by molar-refractivity contribution is 0.669. The molecule has 0 saturated heterocycles. The molecule has 0 bridgehead atoms. The molecule has 11 aromatic rings. The minimum atomic E-state index is 0.867. The molecule has 0 fully saturated rings. The summed E-state index contributed by atoms with van der Waals surface area (Å²) in [6.07, 6.45) is 0. The van der Waals surface area contributed by atoms with Crippen LogP contribution in [0, 0.1) is 0 Å². The van der Waals surface area contributed by atoms with E-state index < -0.39 is 0 Å². The average Bonchev–Trinajstić information content (AvgIpc) is 3.82. The maximum absolute atomic E-state index is 6.46. The van der Waals surface area contributed by atoms with Crippen LogP contribution >= 0.6 is 11.3 Å². The van der Waals surface area contributed by atoms with Crippen LogP contribution in [0.3, 0.4) is 0 Å². The second-order valence-electron chi connectivity index (χ2n) is 14.1. The summed E-state index contributed by atoms with van der Waals surface area (Å²) in [6.45, 7) is 0. The van der Waals surface area contributed by atoms with Crippen LogP contribution < -0.4 is 4.90 Å². The molecule has 2 aromatic heterocycles. The van der Waals surface area contributed by atoms with Gasteiger partial charge in [-0.25, -0.2) is 0 Å². The molecule has 0 spiro atoms. The van der Waals surface area contributed by atoms with E-state index in [9.17, 15) is 0 Å². The number of rotatable bonds is 6. The van der Waals surface area contributed by atoms with Crippen molar-refractivity contribution in [2.24, 2.45) is 0 Å². The van der Waals surface area contributed by atoms with Gasteiger partial charge in [-0.1, -0.05) is 127 Å². The van der Waals surface area contributed by atoms with E-state index in [0.29, 0.717) is 0 Å². The van der Waals surface area contributed by atoms with Crippen LogP contribution in [0.4, 0.5) is 17.1 Å². The molecule has 0 aliphatic heterocycles. The molecule has 9 aromatic carbocycles. The highest BCUT2D eigenvalue weighted by Crippen LogP contribution is 2.45. The molecule has 0 radical (unpaired) electrons. The predicted octanol–water partition coefficient (Wildman–Crippen LogP) is 15.6. The molecule has 3 heteroatoms. The van der Waals surface area contributed by atoms with Crippen LogP contribution in [0.2, 0.25) is 0 Å². The topological polar surface area (TPSA) is 16.4 Å². The molecule has 11 rings (SSSR count). The fourth-order valence-electron chi connectivity index (χ4n) is 8.16. The molecule has 0 unspecified atom stereocenters. The second-order valence-corrected chi connectivity index (χ2v) is 15.2. The molecular weight excluding hydrogens is 687 g/mol. The van der Waals surface area contributed by atoms with Crippen LogP contribution in [-0.4, -0.2) is 0 Å². The van der Waals surface area contributed by atoms with Crippen LogP contribution in [0.25, 0.3) is 86.3 Å². The molecule has 0 aliphatic carbocycles. The Hall–Kier alpha value is -6.94. The standard InChI is InChI=1S/C52H33NOS/c1-2-12-35-29-39(24-23-34(35)11-1)37-14-9-13-36(30-37)38-15-10-16-41(31-38)53(42-26-27-45-44-18-4-7-21-49(44)54-50(45)33-42)48-20-6-3-17-43(48)40-25-28-52-47(32-40)46-19-5-8-22-51(46)55-52/h1-33H. The third-order valence-corrected chi connectivity index (χ3v) is 12.0. The maximum Gasteiger partial charge on any atom is 0.137 e. The molecule has 258 valence electrons. The van der Waals surface area contributed by atoms with Crippen molar-refractivity contribution in [2.75, 3.05) is 4.90 Å². The smallest absolute Gasteiger partial charge is 0.137 e. The first kappa shape index (κ1) is 31.6. The van der Waals surface area contributed by atoms with Gasteiger partial charge in [0.05, 0.1) is 5.69 Å². The summed E-state index contributed by atoms with van der Waals surface area (Å²) in [4.78, 5) is 2.38. The molecule has 0 aliphatic rings. The third-order valence-electron chi connectivity index (χ3n) is 10.8. The number of hydrogen-bond donors (Lipinski definition) is 0. The van der Waals surface area contributed by atoms with Gasteiger partial charge in [-0.3, -0.25) is 0 Å². The van der Waals surface area contributed by atoms with E-state index in [1.165, 1.54) is 53.2 Å². The van der Waals surface area contributed by atoms with E-state index >= 15 is 0 Å². The first-order valence-corrected chi connectivity index (χ1v) is 19.5. The Balaban J connectivity index is 1.08. The fourth-order valence-corrected chi connectivity index (χ4v) is 9.25. The molecular formula is C52H33NOS. The number of fused-ring (bicyclic) bond motifs is 7. The zero-order valence-corrected chi connectivity index (χ0v) is 30.6. The van der Waals surface area contributed by atoms with E-state index in [2.05, 4.69) is 193 Å². The number of benzene rings is 9. The first-order valence-electron chi connectivity index (χ1n) is 18.7. The highest BCUT2D eigenvalue weighted by molar-refractivity contribution is 7.25. The Labute approximate surface area is 322 Å². The zero-order valence-electron chi connectivity index (χ0n) is 29.8. The molecule has 2 nitrogen and oxygen atoms in total. The van der Waals surface area contributed by atoms with Gasteiger partial charge in [0.25, 0.3) is 0 Å². The summed E-state index contributed by atoms with van der Waals surface area (Å²) in [5.74, 6) is 0. The maximum atomic E-state index is 6.46. The van der Waals surface area contributed by atoms with Crippen molar-refractivity contribution in [1.29, 1.82) is 0 Å². The largest absolute Gasteiger partial charge is 0.456 e. The Kier molecular flexibility index (Phi) is 7.39. The fraction of sp³-hybridized carbons (Fsp3) is 0. The van der Waals surface area contributed by atoms with Crippen molar-refractivity contribution < 1.29 is 4.42 Å². The van der Waals surface area contributed by atoms with Gasteiger partial charge < -0.3 is 9.32 Å². The van der Waals surface area contributed by atoms with Gasteiger partial charge in [0.1, 0.15) is 11.2 Å².